The molecule has 2 rings (SSSR count). The lowest BCUT2D eigenvalue weighted by Gasteiger charge is -2.10. The van der Waals surface area contributed by atoms with E-state index in [1.165, 1.54) is 12.8 Å². The van der Waals surface area contributed by atoms with Crippen molar-refractivity contribution in [1.29, 1.82) is 0 Å². The summed E-state index contributed by atoms with van der Waals surface area (Å²) in [5.74, 6) is 2.73. The van der Waals surface area contributed by atoms with E-state index in [2.05, 4.69) is 27.4 Å². The van der Waals surface area contributed by atoms with Crippen molar-refractivity contribution in [2.24, 2.45) is 5.92 Å². The first-order chi connectivity index (χ1) is 6.75. The second-order valence-corrected chi connectivity index (χ2v) is 4.17. The normalized spacial score (nSPS) is 18.4. The van der Waals surface area contributed by atoms with Crippen LogP contribution in [0.15, 0.2) is 0 Å². The van der Waals surface area contributed by atoms with E-state index < -0.39 is 0 Å². The molecule has 1 heterocycles. The van der Waals surface area contributed by atoms with Crippen molar-refractivity contribution in [3.8, 4) is 0 Å². The van der Waals surface area contributed by atoms with Crippen LogP contribution in [0.25, 0.3) is 0 Å². The molecule has 4 heteroatoms. The largest absolute Gasteiger partial charge is 0.314 e. The first-order valence-electron chi connectivity index (χ1n) is 5.37. The van der Waals surface area contributed by atoms with Crippen LogP contribution in [0.3, 0.4) is 0 Å². The summed E-state index contributed by atoms with van der Waals surface area (Å²) in [7, 11) is 0. The number of rotatable bonds is 5. The molecule has 1 aromatic heterocycles. The average molecular weight is 194 g/mol. The molecule has 0 amide bonds. The number of nitrogens with one attached hydrogen (secondary N) is 2. The van der Waals surface area contributed by atoms with Gasteiger partial charge in [0.2, 0.25) is 0 Å². The Bertz CT molecular complexity index is 290. The number of hydrogen-bond donors (Lipinski definition) is 2. The smallest absolute Gasteiger partial charge is 0.151 e. The van der Waals surface area contributed by atoms with E-state index in [-0.39, 0.29) is 0 Å². The molecule has 1 unspecified atom stereocenters. The molecule has 1 atom stereocenters. The van der Waals surface area contributed by atoms with Gasteiger partial charge in [-0.1, -0.05) is 0 Å². The minimum Gasteiger partial charge on any atom is -0.314 e. The summed E-state index contributed by atoms with van der Waals surface area (Å²) in [6.45, 7) is 5.17. The molecule has 0 bridgehead atoms. The predicted octanol–water partition coefficient (Wildman–Crippen LogP) is 1.04. The molecule has 0 aromatic carbocycles. The van der Waals surface area contributed by atoms with E-state index in [4.69, 9.17) is 0 Å². The van der Waals surface area contributed by atoms with E-state index >= 15 is 0 Å². The molecule has 0 saturated heterocycles. The third-order valence-corrected chi connectivity index (χ3v) is 2.79. The standard InChI is InChI=1S/C10H18N4/c1-7(9-3-4-9)11-6-5-10-12-8(2)13-14-10/h7,9,11H,3-6H2,1-2H3,(H,12,13,14). The van der Waals surface area contributed by atoms with E-state index in [0.717, 1.165) is 30.5 Å². The topological polar surface area (TPSA) is 53.6 Å². The number of aryl methyl sites for hydroxylation is 1. The number of hydrogen-bond acceptors (Lipinski definition) is 3. The van der Waals surface area contributed by atoms with Crippen LogP contribution >= 0.6 is 0 Å². The number of aromatic nitrogens is 3. The maximum absolute atomic E-state index is 4.26. The van der Waals surface area contributed by atoms with E-state index in [9.17, 15) is 0 Å². The molecule has 1 aliphatic rings. The summed E-state index contributed by atoms with van der Waals surface area (Å²) in [6.07, 6.45) is 3.71. The third kappa shape index (κ3) is 2.54. The number of nitrogens with zero attached hydrogens (tertiary/aromatic N) is 2. The predicted molar refractivity (Wildman–Crippen MR) is 55.0 cm³/mol. The van der Waals surface area contributed by atoms with Crippen LogP contribution in [-0.4, -0.2) is 27.8 Å². The minimum absolute atomic E-state index is 0.662. The van der Waals surface area contributed by atoms with Crippen LogP contribution in [0.1, 0.15) is 31.4 Å². The average Bonchev–Trinajstić information content (AvgIpc) is 2.92. The van der Waals surface area contributed by atoms with Crippen molar-refractivity contribution in [1.82, 2.24) is 20.5 Å². The fourth-order valence-electron chi connectivity index (χ4n) is 1.68. The van der Waals surface area contributed by atoms with E-state index in [0.29, 0.717) is 6.04 Å². The molecule has 1 aliphatic carbocycles. The zero-order valence-corrected chi connectivity index (χ0v) is 8.88. The van der Waals surface area contributed by atoms with Crippen LogP contribution in [0.4, 0.5) is 0 Å². The van der Waals surface area contributed by atoms with Gasteiger partial charge in [0.1, 0.15) is 5.82 Å². The molecule has 78 valence electrons. The molecule has 0 spiro atoms. The fraction of sp³-hybridized carbons (Fsp3) is 0.800. The van der Waals surface area contributed by atoms with Crippen molar-refractivity contribution in [2.75, 3.05) is 6.54 Å². The quantitative estimate of drug-likeness (QED) is 0.736. The Balaban J connectivity index is 1.67. The first-order valence-corrected chi connectivity index (χ1v) is 5.37. The highest BCUT2D eigenvalue weighted by molar-refractivity contribution is 4.89. The first kappa shape index (κ1) is 9.65. The van der Waals surface area contributed by atoms with Gasteiger partial charge in [-0.25, -0.2) is 4.98 Å². The highest BCUT2D eigenvalue weighted by atomic mass is 15.2. The molecular weight excluding hydrogens is 176 g/mol. The summed E-state index contributed by atoms with van der Waals surface area (Å²) in [5.41, 5.74) is 0. The summed E-state index contributed by atoms with van der Waals surface area (Å²) in [4.78, 5) is 4.26. The Hall–Kier alpha value is -0.900. The molecule has 0 aliphatic heterocycles. The van der Waals surface area contributed by atoms with Crippen LogP contribution in [0, 0.1) is 12.8 Å². The lowest BCUT2D eigenvalue weighted by atomic mass is 10.2. The monoisotopic (exact) mass is 194 g/mol. The number of aromatic amines is 1. The summed E-state index contributed by atoms with van der Waals surface area (Å²) in [5, 5.41) is 10.5. The van der Waals surface area contributed by atoms with Gasteiger partial charge in [-0.3, -0.25) is 5.10 Å². The summed E-state index contributed by atoms with van der Waals surface area (Å²) in [6, 6.07) is 0.662. The molecule has 2 N–H and O–H groups in total. The van der Waals surface area contributed by atoms with Gasteiger partial charge in [0.15, 0.2) is 5.82 Å². The molecule has 1 saturated carbocycles. The lowest BCUT2D eigenvalue weighted by molar-refractivity contribution is 0.497. The molecule has 1 fully saturated rings. The van der Waals surface area contributed by atoms with Gasteiger partial charge in [-0.15, -0.1) is 0 Å². The Labute approximate surface area is 84.5 Å². The van der Waals surface area contributed by atoms with Crippen molar-refractivity contribution < 1.29 is 0 Å². The molecule has 1 aromatic rings. The maximum Gasteiger partial charge on any atom is 0.151 e. The zero-order valence-electron chi connectivity index (χ0n) is 8.88. The highest BCUT2D eigenvalue weighted by Crippen LogP contribution is 2.32. The van der Waals surface area contributed by atoms with E-state index in [1.54, 1.807) is 0 Å². The van der Waals surface area contributed by atoms with Crippen LogP contribution in [-0.2, 0) is 6.42 Å². The SMILES string of the molecule is Cc1nc(CCNC(C)C2CC2)n[nH]1. The third-order valence-electron chi connectivity index (χ3n) is 2.79. The van der Waals surface area contributed by atoms with E-state index in [1.807, 2.05) is 6.92 Å². The lowest BCUT2D eigenvalue weighted by Crippen LogP contribution is -2.29. The second kappa shape index (κ2) is 4.09. The van der Waals surface area contributed by atoms with Gasteiger partial charge in [0.25, 0.3) is 0 Å². The highest BCUT2D eigenvalue weighted by Gasteiger charge is 2.27. The van der Waals surface area contributed by atoms with Gasteiger partial charge in [0, 0.05) is 19.0 Å². The van der Waals surface area contributed by atoms with Crippen molar-refractivity contribution in [3.63, 3.8) is 0 Å². The molecule has 4 nitrogen and oxygen atoms in total. The van der Waals surface area contributed by atoms with Gasteiger partial charge in [-0.2, -0.15) is 5.10 Å². The Morgan fingerprint density at radius 1 is 1.57 bits per heavy atom. The summed E-state index contributed by atoms with van der Waals surface area (Å²) < 4.78 is 0. The molecule has 14 heavy (non-hydrogen) atoms. The van der Waals surface area contributed by atoms with Crippen molar-refractivity contribution >= 4 is 0 Å². The Morgan fingerprint density at radius 3 is 2.93 bits per heavy atom. The van der Waals surface area contributed by atoms with Crippen molar-refractivity contribution in [3.05, 3.63) is 11.6 Å². The van der Waals surface area contributed by atoms with Gasteiger partial charge in [0.05, 0.1) is 0 Å². The molecule has 0 radical (unpaired) electrons. The minimum atomic E-state index is 0.662. The van der Waals surface area contributed by atoms with Gasteiger partial charge >= 0.3 is 0 Å². The Morgan fingerprint density at radius 2 is 2.36 bits per heavy atom. The zero-order chi connectivity index (χ0) is 9.97. The fourth-order valence-corrected chi connectivity index (χ4v) is 1.68. The van der Waals surface area contributed by atoms with Gasteiger partial charge < -0.3 is 5.32 Å². The molecular formula is C10H18N4. The van der Waals surface area contributed by atoms with Crippen LogP contribution in [0.2, 0.25) is 0 Å². The Kier molecular flexibility index (Phi) is 2.82. The maximum atomic E-state index is 4.26. The van der Waals surface area contributed by atoms with Crippen LogP contribution in [0.5, 0.6) is 0 Å². The van der Waals surface area contributed by atoms with Crippen molar-refractivity contribution in [2.45, 2.75) is 39.2 Å². The van der Waals surface area contributed by atoms with Crippen LogP contribution < -0.4 is 5.32 Å². The number of H-pyrrole nitrogens is 1. The van der Waals surface area contributed by atoms with Gasteiger partial charge in [-0.05, 0) is 32.6 Å². The second-order valence-electron chi connectivity index (χ2n) is 4.17. The summed E-state index contributed by atoms with van der Waals surface area (Å²) >= 11 is 0.